The quantitative estimate of drug-likeness (QED) is 0.236. The predicted molar refractivity (Wildman–Crippen MR) is 140 cm³/mol. The first-order valence-corrected chi connectivity index (χ1v) is 13.7. The van der Waals surface area contributed by atoms with Gasteiger partial charge in [0.05, 0.1) is 0 Å². The number of carbonyl (C=O) groups is 1. The van der Waals surface area contributed by atoms with Gasteiger partial charge < -0.3 is 10.8 Å². The molecule has 1 aromatic rings. The van der Waals surface area contributed by atoms with Gasteiger partial charge in [-0.2, -0.15) is 0 Å². The van der Waals surface area contributed by atoms with Gasteiger partial charge in [0, 0.05) is 6.42 Å². The first kappa shape index (κ1) is 27.6. The Morgan fingerprint density at radius 2 is 1.79 bits per heavy atom. The molecule has 0 spiro atoms. The monoisotopic (exact) mass is 455 g/mol. The minimum absolute atomic E-state index is 0.204. The predicted octanol–water partition coefficient (Wildman–Crippen LogP) is 7.79. The summed E-state index contributed by atoms with van der Waals surface area (Å²) in [6.45, 7) is 2.94. The zero-order valence-electron chi connectivity index (χ0n) is 21.1. The molecule has 2 rings (SSSR count). The van der Waals surface area contributed by atoms with Crippen LogP contribution >= 0.6 is 0 Å². The van der Waals surface area contributed by atoms with E-state index in [1.807, 2.05) is 6.07 Å². The third-order valence-electron chi connectivity index (χ3n) is 7.91. The summed E-state index contributed by atoms with van der Waals surface area (Å²) >= 11 is 0. The van der Waals surface area contributed by atoms with Gasteiger partial charge in [0.15, 0.2) is 0 Å². The largest absolute Gasteiger partial charge is 0.481 e. The summed E-state index contributed by atoms with van der Waals surface area (Å²) < 4.78 is 0. The van der Waals surface area contributed by atoms with Crippen LogP contribution in [-0.4, -0.2) is 17.6 Å². The molecule has 0 amide bonds. The highest BCUT2D eigenvalue weighted by atomic mass is 16.4. The fraction of sp³-hybridized carbons (Fsp3) is 0.700. The zero-order valence-corrected chi connectivity index (χ0v) is 21.1. The van der Waals surface area contributed by atoms with Crippen LogP contribution in [0, 0.1) is 23.7 Å². The van der Waals surface area contributed by atoms with Crippen LogP contribution in [0.1, 0.15) is 102 Å². The lowest BCUT2D eigenvalue weighted by atomic mass is 9.78. The third-order valence-corrected chi connectivity index (χ3v) is 7.91. The van der Waals surface area contributed by atoms with E-state index in [1.54, 1.807) is 0 Å². The van der Waals surface area contributed by atoms with Gasteiger partial charge in [-0.25, -0.2) is 0 Å². The number of hydrogen-bond acceptors (Lipinski definition) is 2. The van der Waals surface area contributed by atoms with E-state index < -0.39 is 5.97 Å². The fourth-order valence-electron chi connectivity index (χ4n) is 5.71. The van der Waals surface area contributed by atoms with E-state index >= 15 is 0 Å². The lowest BCUT2D eigenvalue weighted by molar-refractivity contribution is -0.138. The van der Waals surface area contributed by atoms with Crippen LogP contribution in [0.15, 0.2) is 42.5 Å². The number of nitrogens with two attached hydrogens (primary N) is 1. The Labute approximate surface area is 203 Å². The van der Waals surface area contributed by atoms with E-state index in [2.05, 4.69) is 43.3 Å². The minimum atomic E-state index is -0.678. The minimum Gasteiger partial charge on any atom is -0.481 e. The molecule has 0 unspecified atom stereocenters. The Morgan fingerprint density at radius 3 is 2.45 bits per heavy atom. The molecule has 1 aliphatic rings. The maximum absolute atomic E-state index is 11.6. The highest BCUT2D eigenvalue weighted by Crippen LogP contribution is 2.32. The van der Waals surface area contributed by atoms with Crippen molar-refractivity contribution >= 4 is 5.97 Å². The molecule has 3 nitrogen and oxygen atoms in total. The van der Waals surface area contributed by atoms with Crippen LogP contribution in [0.2, 0.25) is 0 Å². The average molecular weight is 456 g/mol. The number of allylic oxidation sites excluding steroid dienone is 2. The van der Waals surface area contributed by atoms with Crippen LogP contribution in [0.25, 0.3) is 0 Å². The Morgan fingerprint density at radius 1 is 1.03 bits per heavy atom. The summed E-state index contributed by atoms with van der Waals surface area (Å²) in [5, 5.41) is 9.54. The van der Waals surface area contributed by atoms with E-state index in [-0.39, 0.29) is 12.3 Å². The highest BCUT2D eigenvalue weighted by molar-refractivity contribution is 5.67. The number of carboxylic acids is 1. The summed E-state index contributed by atoms with van der Waals surface area (Å²) in [6.07, 6.45) is 22.3. The van der Waals surface area contributed by atoms with Crippen molar-refractivity contribution in [2.24, 2.45) is 29.4 Å². The van der Waals surface area contributed by atoms with E-state index in [0.29, 0.717) is 18.4 Å². The number of benzene rings is 1. The summed E-state index contributed by atoms with van der Waals surface area (Å²) in [5.74, 6) is 1.58. The molecular formula is C30H49NO2. The molecule has 1 aliphatic carbocycles. The van der Waals surface area contributed by atoms with Crippen molar-refractivity contribution in [3.05, 3.63) is 48.0 Å². The first-order valence-electron chi connectivity index (χ1n) is 13.7. The van der Waals surface area contributed by atoms with Crippen molar-refractivity contribution in [2.45, 2.75) is 103 Å². The second kappa shape index (κ2) is 16.9. The molecule has 3 atom stereocenters. The molecule has 1 aromatic carbocycles. The van der Waals surface area contributed by atoms with Gasteiger partial charge in [-0.3, -0.25) is 4.79 Å². The van der Waals surface area contributed by atoms with Crippen LogP contribution in [-0.2, 0) is 11.2 Å². The third kappa shape index (κ3) is 11.9. The smallest absolute Gasteiger partial charge is 0.303 e. The van der Waals surface area contributed by atoms with Crippen LogP contribution in [0.5, 0.6) is 0 Å². The number of carboxylic acid groups (broad SMARTS) is 1. The van der Waals surface area contributed by atoms with Crippen molar-refractivity contribution in [3.8, 4) is 0 Å². The van der Waals surface area contributed by atoms with Crippen LogP contribution in [0.4, 0.5) is 0 Å². The van der Waals surface area contributed by atoms with Crippen LogP contribution < -0.4 is 5.73 Å². The van der Waals surface area contributed by atoms with Gasteiger partial charge in [-0.05, 0) is 87.1 Å². The van der Waals surface area contributed by atoms with Gasteiger partial charge in [-0.15, -0.1) is 0 Å². The molecule has 0 radical (unpaired) electrons. The summed E-state index contributed by atoms with van der Waals surface area (Å²) in [5.41, 5.74) is 7.26. The standard InChI is InChI=1S/C30H49NO2/c1-2-25(12-6-3-7-13-26-14-8-4-9-15-26)18-20-28(22-23-31)29(24-30(32)33)21-19-27-16-10-5-11-17-27/h3,5-6,10-11,16-17,25-26,28-29H,2,4,7-9,12-15,18-24,31H2,1H3,(H,32,33)/t25-,28+,29+/m0/s1. The Hall–Kier alpha value is -1.61. The first-order chi connectivity index (χ1) is 16.1. The zero-order chi connectivity index (χ0) is 23.7. The van der Waals surface area contributed by atoms with Crippen molar-refractivity contribution in [3.63, 3.8) is 0 Å². The van der Waals surface area contributed by atoms with Crippen molar-refractivity contribution in [2.75, 3.05) is 6.54 Å². The van der Waals surface area contributed by atoms with Gasteiger partial charge in [0.25, 0.3) is 0 Å². The molecule has 3 N–H and O–H groups in total. The molecule has 0 bridgehead atoms. The highest BCUT2D eigenvalue weighted by Gasteiger charge is 2.24. The van der Waals surface area contributed by atoms with Gasteiger partial charge >= 0.3 is 5.97 Å². The van der Waals surface area contributed by atoms with Crippen LogP contribution in [0.3, 0.4) is 0 Å². The van der Waals surface area contributed by atoms with Gasteiger partial charge in [0.1, 0.15) is 0 Å². The molecule has 33 heavy (non-hydrogen) atoms. The number of aliphatic carboxylic acids is 1. The maximum Gasteiger partial charge on any atom is 0.303 e. The topological polar surface area (TPSA) is 63.3 Å². The molecule has 1 fully saturated rings. The molecule has 0 heterocycles. The Balaban J connectivity index is 1.81. The maximum atomic E-state index is 11.6. The Bertz CT molecular complexity index is 651. The number of aryl methyl sites for hydroxylation is 1. The molecule has 0 aliphatic heterocycles. The SMILES string of the molecule is CC[C@@H](CC=CCCC1CCCCC1)CC[C@H](CCN)[C@H](CCc1ccccc1)CC(=O)O. The van der Waals surface area contributed by atoms with E-state index in [0.717, 1.165) is 38.0 Å². The normalized spacial score (nSPS) is 17.8. The van der Waals surface area contributed by atoms with Crippen molar-refractivity contribution in [1.82, 2.24) is 0 Å². The second-order valence-corrected chi connectivity index (χ2v) is 10.4. The summed E-state index contributed by atoms with van der Waals surface area (Å²) in [6, 6.07) is 10.4. The summed E-state index contributed by atoms with van der Waals surface area (Å²) in [7, 11) is 0. The molecule has 186 valence electrons. The van der Waals surface area contributed by atoms with E-state index in [9.17, 15) is 9.90 Å². The second-order valence-electron chi connectivity index (χ2n) is 10.4. The molecule has 0 aromatic heterocycles. The van der Waals surface area contributed by atoms with Crippen molar-refractivity contribution in [1.29, 1.82) is 0 Å². The lowest BCUT2D eigenvalue weighted by Gasteiger charge is -2.27. The summed E-state index contributed by atoms with van der Waals surface area (Å²) in [4.78, 5) is 11.6. The Kier molecular flexibility index (Phi) is 14.2. The van der Waals surface area contributed by atoms with Gasteiger partial charge in [-0.1, -0.05) is 87.9 Å². The molecular weight excluding hydrogens is 406 g/mol. The lowest BCUT2D eigenvalue weighted by Crippen LogP contribution is -2.23. The molecule has 3 heteroatoms. The average Bonchev–Trinajstić information content (AvgIpc) is 2.83. The fourth-order valence-corrected chi connectivity index (χ4v) is 5.71. The number of rotatable bonds is 17. The van der Waals surface area contributed by atoms with E-state index in [4.69, 9.17) is 5.73 Å². The molecule has 1 saturated carbocycles. The number of hydrogen-bond donors (Lipinski definition) is 2. The van der Waals surface area contributed by atoms with E-state index in [1.165, 1.54) is 63.4 Å². The molecule has 0 saturated heterocycles. The van der Waals surface area contributed by atoms with Gasteiger partial charge in [0.2, 0.25) is 0 Å². The van der Waals surface area contributed by atoms with Crippen molar-refractivity contribution < 1.29 is 9.90 Å².